The van der Waals surface area contributed by atoms with E-state index in [0.717, 1.165) is 59.9 Å². The van der Waals surface area contributed by atoms with Crippen molar-refractivity contribution in [1.29, 1.82) is 0 Å². The highest BCUT2D eigenvalue weighted by atomic mass is 32.1. The van der Waals surface area contributed by atoms with Crippen LogP contribution in [0.3, 0.4) is 0 Å². The standard InChI is InChI=1S/C26H30F3N3S/c1-5-7-23(18(4)33)22(6-2)19-12-14-32(15-13-19)16-24-17(3)30-25(31-24)20-8-10-21(11-9-20)26(27,28)29/h5-11,19,33H,1,4,12-16H2,2-3H3,(H,30,31)/b22-6-,23-7+. The van der Waals surface area contributed by atoms with Crippen molar-refractivity contribution in [3.63, 3.8) is 0 Å². The van der Waals surface area contributed by atoms with Crippen LogP contribution in [0.4, 0.5) is 13.2 Å². The number of hydrogen-bond acceptors (Lipinski definition) is 3. The molecule has 0 spiro atoms. The minimum absolute atomic E-state index is 0.435. The third-order valence-electron chi connectivity index (χ3n) is 6.09. The van der Waals surface area contributed by atoms with Crippen molar-refractivity contribution < 1.29 is 13.2 Å². The summed E-state index contributed by atoms with van der Waals surface area (Å²) in [7, 11) is 0. The number of alkyl halides is 3. The second-order valence-corrected chi connectivity index (χ2v) is 8.83. The molecule has 2 aromatic rings. The first-order chi connectivity index (χ1) is 15.6. The second kappa shape index (κ2) is 10.6. The third-order valence-corrected chi connectivity index (χ3v) is 6.33. The minimum atomic E-state index is -4.34. The molecule has 2 heterocycles. The van der Waals surface area contributed by atoms with E-state index in [1.54, 1.807) is 6.08 Å². The van der Waals surface area contributed by atoms with Crippen LogP contribution in [0, 0.1) is 12.8 Å². The topological polar surface area (TPSA) is 31.9 Å². The number of aromatic amines is 1. The largest absolute Gasteiger partial charge is 0.416 e. The summed E-state index contributed by atoms with van der Waals surface area (Å²) in [4.78, 5) is 11.0. The van der Waals surface area contributed by atoms with Crippen molar-refractivity contribution in [2.75, 3.05) is 13.1 Å². The molecule has 3 nitrogen and oxygen atoms in total. The van der Waals surface area contributed by atoms with Gasteiger partial charge in [-0.2, -0.15) is 13.2 Å². The first kappa shape index (κ1) is 25.1. The highest BCUT2D eigenvalue weighted by molar-refractivity contribution is 7.84. The number of thiol groups is 1. The molecule has 1 N–H and O–H groups in total. The van der Waals surface area contributed by atoms with Gasteiger partial charge >= 0.3 is 6.18 Å². The van der Waals surface area contributed by atoms with Crippen molar-refractivity contribution in [2.45, 2.75) is 39.4 Å². The molecule has 0 aliphatic carbocycles. The van der Waals surface area contributed by atoms with Crippen LogP contribution in [0.25, 0.3) is 11.4 Å². The maximum atomic E-state index is 12.8. The average molecular weight is 474 g/mol. The smallest absolute Gasteiger partial charge is 0.342 e. The van der Waals surface area contributed by atoms with Crippen LogP contribution in [0.15, 0.2) is 71.7 Å². The van der Waals surface area contributed by atoms with Crippen molar-refractivity contribution in [1.82, 2.24) is 14.9 Å². The highest BCUT2D eigenvalue weighted by Crippen LogP contribution is 2.34. The molecule has 1 aromatic heterocycles. The lowest BCUT2D eigenvalue weighted by Crippen LogP contribution is -2.34. The maximum Gasteiger partial charge on any atom is 0.416 e. The molecule has 0 atom stereocenters. The fourth-order valence-corrected chi connectivity index (χ4v) is 4.51. The van der Waals surface area contributed by atoms with Crippen molar-refractivity contribution in [3.05, 3.63) is 88.7 Å². The number of nitrogens with one attached hydrogen (secondary N) is 1. The predicted molar refractivity (Wildman–Crippen MR) is 132 cm³/mol. The number of likely N-dealkylation sites (tertiary alicyclic amines) is 1. The van der Waals surface area contributed by atoms with Gasteiger partial charge in [-0.15, -0.1) is 12.6 Å². The van der Waals surface area contributed by atoms with Gasteiger partial charge < -0.3 is 4.98 Å². The number of halogens is 3. The summed E-state index contributed by atoms with van der Waals surface area (Å²) >= 11 is 4.46. The van der Waals surface area contributed by atoms with Gasteiger partial charge in [0.2, 0.25) is 0 Å². The monoisotopic (exact) mass is 473 g/mol. The first-order valence-corrected chi connectivity index (χ1v) is 11.4. The number of aromatic nitrogens is 2. The number of hydrogen-bond donors (Lipinski definition) is 2. The van der Waals surface area contributed by atoms with Crippen molar-refractivity contribution in [3.8, 4) is 11.4 Å². The maximum absolute atomic E-state index is 12.8. The van der Waals surface area contributed by atoms with E-state index in [2.05, 4.69) is 46.7 Å². The molecule has 0 bridgehead atoms. The molecular weight excluding hydrogens is 443 g/mol. The molecule has 1 aromatic carbocycles. The number of nitrogens with zero attached hydrogens (tertiary/aromatic N) is 2. The Hall–Kier alpha value is -2.51. The van der Waals surface area contributed by atoms with Crippen LogP contribution >= 0.6 is 12.6 Å². The second-order valence-electron chi connectivity index (χ2n) is 8.29. The third kappa shape index (κ3) is 6.09. The van der Waals surface area contributed by atoms with Crippen LogP contribution in [0.5, 0.6) is 0 Å². The van der Waals surface area contributed by atoms with Crippen LogP contribution < -0.4 is 0 Å². The van der Waals surface area contributed by atoms with Gasteiger partial charge in [0.25, 0.3) is 0 Å². The number of benzene rings is 1. The first-order valence-electron chi connectivity index (χ1n) is 11.0. The molecule has 0 saturated carbocycles. The number of piperidine rings is 1. The summed E-state index contributed by atoms with van der Waals surface area (Å²) in [5.41, 5.74) is 4.14. The van der Waals surface area contributed by atoms with E-state index in [0.29, 0.717) is 23.9 Å². The Balaban J connectivity index is 1.65. The average Bonchev–Trinajstić information content (AvgIpc) is 3.14. The van der Waals surface area contributed by atoms with E-state index < -0.39 is 11.7 Å². The Kier molecular flexibility index (Phi) is 8.08. The number of H-pyrrole nitrogens is 1. The molecule has 33 heavy (non-hydrogen) atoms. The van der Waals surface area contributed by atoms with E-state index in [1.807, 2.05) is 19.9 Å². The molecule has 0 radical (unpaired) electrons. The van der Waals surface area contributed by atoms with Gasteiger partial charge in [-0.1, -0.05) is 43.5 Å². The molecule has 1 saturated heterocycles. The van der Waals surface area contributed by atoms with Crippen LogP contribution in [0.2, 0.25) is 0 Å². The Bertz CT molecular complexity index is 1050. The van der Waals surface area contributed by atoms with Crippen molar-refractivity contribution >= 4 is 12.6 Å². The van der Waals surface area contributed by atoms with Crippen LogP contribution in [-0.4, -0.2) is 28.0 Å². The number of aryl methyl sites for hydroxylation is 1. The van der Waals surface area contributed by atoms with Gasteiger partial charge in [-0.25, -0.2) is 4.98 Å². The summed E-state index contributed by atoms with van der Waals surface area (Å²) in [5, 5.41) is 0. The van der Waals surface area contributed by atoms with Crippen LogP contribution in [0.1, 0.15) is 36.7 Å². The molecule has 1 fully saturated rings. The zero-order chi connectivity index (χ0) is 24.2. The molecule has 0 amide bonds. The van der Waals surface area contributed by atoms with Gasteiger partial charge in [0.1, 0.15) is 5.82 Å². The summed E-state index contributed by atoms with van der Waals surface area (Å²) in [6.07, 6.45) is 3.57. The Labute approximate surface area is 199 Å². The van der Waals surface area contributed by atoms with Gasteiger partial charge in [-0.05, 0) is 69.0 Å². The van der Waals surface area contributed by atoms with Gasteiger partial charge in [0.15, 0.2) is 0 Å². The van der Waals surface area contributed by atoms with Gasteiger partial charge in [0.05, 0.1) is 11.3 Å². The quantitative estimate of drug-likeness (QED) is 0.331. The van der Waals surface area contributed by atoms with Gasteiger partial charge in [0, 0.05) is 22.7 Å². The van der Waals surface area contributed by atoms with E-state index in [4.69, 9.17) is 0 Å². The molecule has 0 unspecified atom stereocenters. The zero-order valence-corrected chi connectivity index (χ0v) is 19.9. The summed E-state index contributed by atoms with van der Waals surface area (Å²) in [6.45, 7) is 14.4. The van der Waals surface area contributed by atoms with Gasteiger partial charge in [-0.3, -0.25) is 4.90 Å². The fourth-order valence-electron chi connectivity index (χ4n) is 4.31. The van der Waals surface area contributed by atoms with E-state index in [-0.39, 0.29) is 0 Å². The minimum Gasteiger partial charge on any atom is -0.342 e. The molecule has 1 aliphatic heterocycles. The van der Waals surface area contributed by atoms with E-state index >= 15 is 0 Å². The summed E-state index contributed by atoms with van der Waals surface area (Å²) in [5.74, 6) is 1.03. The summed E-state index contributed by atoms with van der Waals surface area (Å²) in [6, 6.07) is 5.09. The number of allylic oxidation sites excluding steroid dienone is 5. The Morgan fingerprint density at radius 3 is 2.39 bits per heavy atom. The lowest BCUT2D eigenvalue weighted by atomic mass is 9.84. The number of rotatable bonds is 7. The normalized spacial score (nSPS) is 16.8. The van der Waals surface area contributed by atoms with Crippen molar-refractivity contribution in [2.24, 2.45) is 5.92 Å². The molecule has 176 valence electrons. The predicted octanol–water partition coefficient (Wildman–Crippen LogP) is 7.12. The number of imidazole rings is 1. The van der Waals surface area contributed by atoms with E-state index in [9.17, 15) is 13.2 Å². The highest BCUT2D eigenvalue weighted by Gasteiger charge is 2.30. The fraction of sp³-hybridized carbons (Fsp3) is 0.346. The zero-order valence-electron chi connectivity index (χ0n) is 19.0. The lowest BCUT2D eigenvalue weighted by Gasteiger charge is -2.33. The molecule has 1 aliphatic rings. The van der Waals surface area contributed by atoms with Crippen LogP contribution in [-0.2, 0) is 12.7 Å². The Morgan fingerprint density at radius 1 is 1.24 bits per heavy atom. The van der Waals surface area contributed by atoms with E-state index in [1.165, 1.54) is 17.7 Å². The lowest BCUT2D eigenvalue weighted by molar-refractivity contribution is -0.137. The molecular formula is C26H30F3N3S. The SMILES string of the molecule is C=C/C=C(C(=C)S)/C(=C\C)C1CCN(Cc2nc(-c3ccc(C(F)(F)F)cc3)[nH]c2C)CC1. The Morgan fingerprint density at radius 2 is 1.88 bits per heavy atom. The summed E-state index contributed by atoms with van der Waals surface area (Å²) < 4.78 is 38.5. The molecule has 7 heteroatoms. The molecule has 3 rings (SSSR count).